The van der Waals surface area contributed by atoms with E-state index in [4.69, 9.17) is 0 Å². The summed E-state index contributed by atoms with van der Waals surface area (Å²) in [4.78, 5) is 30.1. The van der Waals surface area contributed by atoms with Crippen molar-refractivity contribution >= 4 is 22.9 Å². The maximum atomic E-state index is 13.2. The summed E-state index contributed by atoms with van der Waals surface area (Å²) in [6.45, 7) is 3.78. The molecule has 7 heteroatoms. The molecule has 3 N–H and O–H groups in total. The van der Waals surface area contributed by atoms with Gasteiger partial charge in [-0.05, 0) is 66.1 Å². The molecule has 1 aliphatic rings. The van der Waals surface area contributed by atoms with Crippen molar-refractivity contribution in [1.29, 1.82) is 0 Å². The molecule has 1 unspecified atom stereocenters. The van der Waals surface area contributed by atoms with Gasteiger partial charge in [-0.15, -0.1) is 0 Å². The van der Waals surface area contributed by atoms with E-state index in [9.17, 15) is 14.7 Å². The van der Waals surface area contributed by atoms with E-state index in [1.807, 2.05) is 49.6 Å². The summed E-state index contributed by atoms with van der Waals surface area (Å²) in [6, 6.07) is 12.2. The molecular formula is C24H23N3O3S. The van der Waals surface area contributed by atoms with Crippen molar-refractivity contribution in [3.05, 3.63) is 97.9 Å². The van der Waals surface area contributed by atoms with Crippen molar-refractivity contribution < 1.29 is 9.90 Å². The molecule has 0 saturated heterocycles. The van der Waals surface area contributed by atoms with Gasteiger partial charge in [0.2, 0.25) is 0 Å². The average Bonchev–Trinajstić information content (AvgIpc) is 3.38. The standard InChI is InChI=1S/C24H23N3O3S/c1-14(2)20(25-3)19-21(18-5-4-11-26-23(18)29)27(24(30)22(19)28)17-8-6-15(7-9-17)16-10-12-31-13-16/h4-13,21,25,28H,1-3H3,(H,26,29). The quantitative estimate of drug-likeness (QED) is 0.552. The smallest absolute Gasteiger partial charge is 0.294 e. The third kappa shape index (κ3) is 3.57. The first kappa shape index (κ1) is 20.7. The van der Waals surface area contributed by atoms with E-state index in [0.29, 0.717) is 22.5 Å². The lowest BCUT2D eigenvalue weighted by Gasteiger charge is -2.28. The highest BCUT2D eigenvalue weighted by atomic mass is 32.1. The molecule has 0 spiro atoms. The van der Waals surface area contributed by atoms with Crippen LogP contribution in [0.15, 0.2) is 86.8 Å². The van der Waals surface area contributed by atoms with Crippen molar-refractivity contribution in [2.75, 3.05) is 11.9 Å². The first-order valence-electron chi connectivity index (χ1n) is 9.86. The SMILES string of the molecule is CNC(=C(C)C)C1=C(O)C(=O)N(c2ccc(-c3ccsc3)cc2)C1c1ccc[nH]c1=O. The van der Waals surface area contributed by atoms with Crippen molar-refractivity contribution in [2.45, 2.75) is 19.9 Å². The number of aromatic nitrogens is 1. The Morgan fingerprint density at radius 3 is 2.42 bits per heavy atom. The maximum absolute atomic E-state index is 13.2. The van der Waals surface area contributed by atoms with Gasteiger partial charge >= 0.3 is 0 Å². The van der Waals surface area contributed by atoms with Gasteiger partial charge in [0.1, 0.15) is 0 Å². The lowest BCUT2D eigenvalue weighted by atomic mass is 9.95. The first-order chi connectivity index (χ1) is 14.9. The lowest BCUT2D eigenvalue weighted by molar-refractivity contribution is -0.117. The van der Waals surface area contributed by atoms with Gasteiger partial charge in [-0.3, -0.25) is 14.5 Å². The number of aliphatic hydroxyl groups excluding tert-OH is 1. The molecule has 4 rings (SSSR count). The highest BCUT2D eigenvalue weighted by molar-refractivity contribution is 7.08. The Bertz CT molecular complexity index is 1230. The predicted molar refractivity (Wildman–Crippen MR) is 124 cm³/mol. The number of nitrogens with one attached hydrogen (secondary N) is 2. The number of thiophene rings is 1. The summed E-state index contributed by atoms with van der Waals surface area (Å²) >= 11 is 1.62. The third-order valence-electron chi connectivity index (χ3n) is 5.37. The lowest BCUT2D eigenvalue weighted by Crippen LogP contribution is -2.34. The van der Waals surface area contributed by atoms with E-state index >= 15 is 0 Å². The van der Waals surface area contributed by atoms with E-state index in [1.54, 1.807) is 36.7 Å². The van der Waals surface area contributed by atoms with E-state index in [1.165, 1.54) is 4.90 Å². The van der Waals surface area contributed by atoms with Crippen LogP contribution < -0.4 is 15.8 Å². The average molecular weight is 434 g/mol. The summed E-state index contributed by atoms with van der Waals surface area (Å²) in [7, 11) is 1.73. The molecule has 6 nitrogen and oxygen atoms in total. The number of carbonyl (C=O) groups is 1. The molecular weight excluding hydrogens is 410 g/mol. The summed E-state index contributed by atoms with van der Waals surface area (Å²) in [5, 5.41) is 18.0. The minimum Gasteiger partial charge on any atom is -0.503 e. The summed E-state index contributed by atoms with van der Waals surface area (Å²) < 4.78 is 0. The highest BCUT2D eigenvalue weighted by Crippen LogP contribution is 2.43. The summed E-state index contributed by atoms with van der Waals surface area (Å²) in [5.41, 5.74) is 4.73. The van der Waals surface area contributed by atoms with Crippen LogP contribution in [0, 0.1) is 0 Å². The molecule has 3 aromatic rings. The van der Waals surface area contributed by atoms with Crippen LogP contribution in [0.5, 0.6) is 0 Å². The highest BCUT2D eigenvalue weighted by Gasteiger charge is 2.44. The van der Waals surface area contributed by atoms with Crippen LogP contribution in [0.2, 0.25) is 0 Å². The molecule has 1 amide bonds. The molecule has 2 aromatic heterocycles. The number of H-pyrrole nitrogens is 1. The van der Waals surface area contributed by atoms with E-state index in [-0.39, 0.29) is 11.3 Å². The minimum atomic E-state index is -0.762. The van der Waals surface area contributed by atoms with Crippen LogP contribution in [-0.4, -0.2) is 23.0 Å². The fraction of sp³-hybridized carbons (Fsp3) is 0.167. The molecule has 0 radical (unpaired) electrons. The number of hydrogen-bond acceptors (Lipinski definition) is 5. The Labute approximate surface area is 184 Å². The second-order valence-electron chi connectivity index (χ2n) is 7.48. The fourth-order valence-corrected chi connectivity index (χ4v) is 4.63. The third-order valence-corrected chi connectivity index (χ3v) is 6.05. The van der Waals surface area contributed by atoms with Crippen LogP contribution >= 0.6 is 11.3 Å². The number of hydrogen-bond donors (Lipinski definition) is 3. The number of aromatic amines is 1. The number of rotatable bonds is 5. The van der Waals surface area contributed by atoms with Crippen molar-refractivity contribution in [2.24, 2.45) is 0 Å². The van der Waals surface area contributed by atoms with Gasteiger partial charge in [0.25, 0.3) is 11.5 Å². The Hall–Kier alpha value is -3.58. The number of amides is 1. The Morgan fingerprint density at radius 2 is 1.84 bits per heavy atom. The molecule has 3 heterocycles. The van der Waals surface area contributed by atoms with Gasteiger partial charge in [0.05, 0.1) is 11.6 Å². The van der Waals surface area contributed by atoms with Gasteiger partial charge < -0.3 is 15.4 Å². The zero-order valence-electron chi connectivity index (χ0n) is 17.5. The largest absolute Gasteiger partial charge is 0.503 e. The molecule has 1 aromatic carbocycles. The number of aliphatic hydroxyl groups is 1. The van der Waals surface area contributed by atoms with Gasteiger partial charge in [0, 0.05) is 30.2 Å². The summed E-state index contributed by atoms with van der Waals surface area (Å²) in [6.07, 6.45) is 1.55. The molecule has 0 fully saturated rings. The van der Waals surface area contributed by atoms with Crippen LogP contribution in [0.1, 0.15) is 25.5 Å². The second-order valence-corrected chi connectivity index (χ2v) is 8.26. The number of anilines is 1. The number of allylic oxidation sites excluding steroid dienone is 1. The molecule has 1 atom stereocenters. The molecule has 31 heavy (non-hydrogen) atoms. The Balaban J connectivity index is 1.87. The van der Waals surface area contributed by atoms with E-state index < -0.39 is 11.9 Å². The number of nitrogens with zero attached hydrogens (tertiary/aromatic N) is 1. The Kier molecular flexibility index (Phi) is 5.52. The number of likely N-dealkylation sites (N-methyl/N-ethyl adjacent to an activating group) is 1. The minimum absolute atomic E-state index is 0.309. The molecule has 0 aliphatic carbocycles. The van der Waals surface area contributed by atoms with E-state index in [2.05, 4.69) is 15.7 Å². The molecule has 0 saturated carbocycles. The van der Waals surface area contributed by atoms with Crippen LogP contribution in [0.3, 0.4) is 0 Å². The van der Waals surface area contributed by atoms with Crippen LogP contribution in [0.25, 0.3) is 11.1 Å². The predicted octanol–water partition coefficient (Wildman–Crippen LogP) is 4.52. The van der Waals surface area contributed by atoms with Gasteiger partial charge in [-0.2, -0.15) is 11.3 Å². The molecule has 158 valence electrons. The number of benzene rings is 1. The molecule has 1 aliphatic heterocycles. The van der Waals surface area contributed by atoms with Gasteiger partial charge in [-0.1, -0.05) is 17.7 Å². The topological polar surface area (TPSA) is 85.4 Å². The first-order valence-corrected chi connectivity index (χ1v) is 10.8. The number of carbonyl (C=O) groups excluding carboxylic acids is 1. The Morgan fingerprint density at radius 1 is 1.10 bits per heavy atom. The monoisotopic (exact) mass is 433 g/mol. The second kappa shape index (κ2) is 8.28. The van der Waals surface area contributed by atoms with Crippen LogP contribution in [0.4, 0.5) is 5.69 Å². The maximum Gasteiger partial charge on any atom is 0.294 e. The van der Waals surface area contributed by atoms with Crippen molar-refractivity contribution in [3.63, 3.8) is 0 Å². The van der Waals surface area contributed by atoms with Gasteiger partial charge in [-0.25, -0.2) is 0 Å². The van der Waals surface area contributed by atoms with Crippen LogP contribution in [-0.2, 0) is 4.79 Å². The fourth-order valence-electron chi connectivity index (χ4n) is 3.97. The van der Waals surface area contributed by atoms with E-state index in [0.717, 1.165) is 16.7 Å². The normalized spacial score (nSPS) is 16.0. The molecule has 0 bridgehead atoms. The van der Waals surface area contributed by atoms with Gasteiger partial charge in [0.15, 0.2) is 5.76 Å². The number of pyridine rings is 1. The van der Waals surface area contributed by atoms with Crippen molar-refractivity contribution in [1.82, 2.24) is 10.3 Å². The zero-order chi connectivity index (χ0) is 22.1. The summed E-state index contributed by atoms with van der Waals surface area (Å²) in [5.74, 6) is -0.902. The zero-order valence-corrected chi connectivity index (χ0v) is 18.3. The van der Waals surface area contributed by atoms with Crippen molar-refractivity contribution in [3.8, 4) is 11.1 Å².